The smallest absolute Gasteiger partial charge is 0.487 e. The zero-order valence-electron chi connectivity index (χ0n) is 26.8. The van der Waals surface area contributed by atoms with E-state index in [4.69, 9.17) is 4.74 Å². The summed E-state index contributed by atoms with van der Waals surface area (Å²) in [6, 6.07) is 20.9. The number of carbonyl (C=O) groups is 1. The molecule has 2 aromatic carbocycles. The van der Waals surface area contributed by atoms with E-state index in [-0.39, 0.29) is 16.9 Å². The van der Waals surface area contributed by atoms with Crippen LogP contribution < -0.4 is 9.47 Å². The number of alkyl halides is 3. The number of pyridine rings is 2. The highest BCUT2D eigenvalue weighted by atomic mass is 32.2. The zero-order valence-corrected chi connectivity index (χ0v) is 27.6. The lowest BCUT2D eigenvalue weighted by atomic mass is 9.88. The van der Waals surface area contributed by atoms with Crippen LogP contribution in [0.2, 0.25) is 0 Å². The first-order valence-electron chi connectivity index (χ1n) is 15.0. The van der Waals surface area contributed by atoms with E-state index in [1.165, 1.54) is 12.1 Å². The number of thioether (sulfide) groups is 1. The molecule has 0 spiro atoms. The van der Waals surface area contributed by atoms with Gasteiger partial charge in [0.1, 0.15) is 18.1 Å². The van der Waals surface area contributed by atoms with E-state index >= 15 is 0 Å². The van der Waals surface area contributed by atoms with Crippen molar-refractivity contribution in [1.29, 1.82) is 0 Å². The van der Waals surface area contributed by atoms with Crippen LogP contribution in [0.3, 0.4) is 0 Å². The Hall–Kier alpha value is -4.51. The molecule has 0 saturated carbocycles. The molecule has 5 aromatic rings. The van der Waals surface area contributed by atoms with E-state index in [2.05, 4.69) is 40.0 Å². The normalized spacial score (nSPS) is 12.3. The second-order valence-corrected chi connectivity index (χ2v) is 14.7. The summed E-state index contributed by atoms with van der Waals surface area (Å²) < 4.78 is 49.8. The number of rotatable bonds is 11. The Kier molecular flexibility index (Phi) is 9.58. The number of aliphatic carboxylic acids is 1. The Balaban J connectivity index is 1.53. The van der Waals surface area contributed by atoms with Gasteiger partial charge in [0.2, 0.25) is 0 Å². The molecule has 0 fully saturated rings. The van der Waals surface area contributed by atoms with Crippen LogP contribution in [0.4, 0.5) is 13.2 Å². The third-order valence-electron chi connectivity index (χ3n) is 7.37. The number of fused-ring (bicyclic) bond motifs is 1. The summed E-state index contributed by atoms with van der Waals surface area (Å²) in [7, 11) is 0. The van der Waals surface area contributed by atoms with Crippen molar-refractivity contribution in [3.8, 4) is 22.6 Å². The minimum absolute atomic E-state index is 0.174. The maximum atomic E-state index is 12.6. The lowest BCUT2D eigenvalue weighted by molar-refractivity contribution is -0.274. The van der Waals surface area contributed by atoms with Gasteiger partial charge in [-0.05, 0) is 67.9 Å². The first-order chi connectivity index (χ1) is 22.1. The zero-order chi connectivity index (χ0) is 34.0. The number of carboxylic acids is 1. The van der Waals surface area contributed by atoms with Crippen LogP contribution in [0, 0.1) is 5.41 Å². The molecule has 47 heavy (non-hydrogen) atoms. The fourth-order valence-corrected chi connectivity index (χ4v) is 6.24. The van der Waals surface area contributed by atoms with Gasteiger partial charge in [0.05, 0.1) is 28.9 Å². The van der Waals surface area contributed by atoms with Gasteiger partial charge in [0, 0.05) is 45.1 Å². The number of hydrogen-bond acceptors (Lipinski definition) is 6. The Morgan fingerprint density at radius 2 is 1.57 bits per heavy atom. The molecule has 5 rings (SSSR count). The molecule has 0 amide bonds. The number of nitrogens with zero attached hydrogens (tertiary/aromatic N) is 3. The molecular weight excluding hydrogens is 627 g/mol. The van der Waals surface area contributed by atoms with Crippen molar-refractivity contribution < 1.29 is 32.5 Å². The van der Waals surface area contributed by atoms with E-state index < -0.39 is 17.7 Å². The molecule has 3 heterocycles. The third kappa shape index (κ3) is 8.65. The fraction of sp³-hybridized carbons (Fsp3) is 0.306. The molecule has 1 N–H and O–H groups in total. The highest BCUT2D eigenvalue weighted by Gasteiger charge is 2.33. The molecule has 246 valence electrons. The predicted octanol–water partition coefficient (Wildman–Crippen LogP) is 9.17. The molecule has 0 aliphatic heterocycles. The molecule has 0 aliphatic rings. The van der Waals surface area contributed by atoms with Gasteiger partial charge in [-0.3, -0.25) is 14.8 Å². The van der Waals surface area contributed by atoms with Crippen LogP contribution >= 0.6 is 11.8 Å². The van der Waals surface area contributed by atoms with Gasteiger partial charge >= 0.3 is 12.3 Å². The molecule has 11 heteroatoms. The van der Waals surface area contributed by atoms with Crippen molar-refractivity contribution in [2.75, 3.05) is 0 Å². The third-order valence-corrected chi connectivity index (χ3v) is 8.64. The maximum Gasteiger partial charge on any atom is 0.573 e. The number of aromatic nitrogens is 3. The molecule has 0 bridgehead atoms. The average Bonchev–Trinajstić information content (AvgIpc) is 3.25. The average molecular weight is 664 g/mol. The molecule has 0 unspecified atom stereocenters. The summed E-state index contributed by atoms with van der Waals surface area (Å²) >= 11 is 1.69. The molecule has 0 saturated heterocycles. The number of benzene rings is 2. The second-order valence-electron chi connectivity index (χ2n) is 12.8. The van der Waals surface area contributed by atoms with Gasteiger partial charge in [-0.2, -0.15) is 0 Å². The second kappa shape index (κ2) is 13.3. The number of halogens is 3. The Morgan fingerprint density at radius 3 is 2.17 bits per heavy atom. The van der Waals surface area contributed by atoms with Crippen LogP contribution in [-0.4, -0.2) is 36.7 Å². The van der Waals surface area contributed by atoms with Crippen molar-refractivity contribution in [1.82, 2.24) is 14.5 Å². The number of ether oxygens (including phenoxy) is 2. The number of carboxylic acid groups (broad SMARTS) is 1. The van der Waals surface area contributed by atoms with E-state index in [1.807, 2.05) is 48.5 Å². The molecule has 3 aromatic heterocycles. The van der Waals surface area contributed by atoms with Crippen LogP contribution in [-0.2, 0) is 24.4 Å². The summed E-state index contributed by atoms with van der Waals surface area (Å²) in [4.78, 5) is 22.3. The van der Waals surface area contributed by atoms with E-state index in [9.17, 15) is 23.1 Å². The fourth-order valence-electron chi connectivity index (χ4n) is 5.06. The predicted molar refractivity (Wildman–Crippen MR) is 177 cm³/mol. The number of hydrogen-bond donors (Lipinski definition) is 1. The highest BCUT2D eigenvalue weighted by Crippen LogP contribution is 2.44. The summed E-state index contributed by atoms with van der Waals surface area (Å²) in [6.45, 7) is 10.5. The Morgan fingerprint density at radius 1 is 0.872 bits per heavy atom. The minimum atomic E-state index is -4.76. The Bertz CT molecular complexity index is 1850. The van der Waals surface area contributed by atoms with Gasteiger partial charge in [0.25, 0.3) is 0 Å². The van der Waals surface area contributed by atoms with Crippen molar-refractivity contribution >= 4 is 28.6 Å². The Labute approximate surface area is 275 Å². The van der Waals surface area contributed by atoms with E-state index in [0.717, 1.165) is 38.4 Å². The van der Waals surface area contributed by atoms with Crippen LogP contribution in [0.25, 0.3) is 22.0 Å². The largest absolute Gasteiger partial charge is 0.573 e. The van der Waals surface area contributed by atoms with Crippen LogP contribution in [0.15, 0.2) is 90.1 Å². The van der Waals surface area contributed by atoms with Gasteiger partial charge in [-0.25, -0.2) is 0 Å². The van der Waals surface area contributed by atoms with Gasteiger partial charge in [-0.15, -0.1) is 24.9 Å². The summed E-state index contributed by atoms with van der Waals surface area (Å²) in [6.07, 6.45) is -1.08. The maximum absolute atomic E-state index is 12.6. The summed E-state index contributed by atoms with van der Waals surface area (Å²) in [5.74, 6) is -0.514. The topological polar surface area (TPSA) is 86.5 Å². The standard InChI is InChI=1S/C36H36F3N3O4S/c1-34(2,3)47-32-29-18-28(45-22-26-8-6-7-17-40-26)15-16-30(29)42(31(32)19-35(4,5)33(43)44)21-25-12-9-24(20-41-25)23-10-13-27(14-11-23)46-36(37,38)39/h6-18,20H,19,21-22H2,1-5H3,(H,43,44). The lowest BCUT2D eigenvalue weighted by Crippen LogP contribution is -2.28. The molecule has 0 radical (unpaired) electrons. The van der Waals surface area contributed by atoms with Gasteiger partial charge in [0.15, 0.2) is 0 Å². The van der Waals surface area contributed by atoms with Crippen molar-refractivity contribution in [3.05, 3.63) is 102 Å². The lowest BCUT2D eigenvalue weighted by Gasteiger charge is -2.24. The quantitative estimate of drug-likeness (QED) is 0.141. The molecule has 7 nitrogen and oxygen atoms in total. The first-order valence-corrected chi connectivity index (χ1v) is 15.8. The summed E-state index contributed by atoms with van der Waals surface area (Å²) in [5.41, 5.74) is 3.73. The molecule has 0 atom stereocenters. The van der Waals surface area contributed by atoms with Gasteiger partial charge < -0.3 is 19.1 Å². The SMILES string of the molecule is CC(C)(C)Sc1c(CC(C)(C)C(=O)O)n(Cc2ccc(-c3ccc(OC(F)(F)F)cc3)cn2)c2ccc(OCc3ccccn3)cc12. The van der Waals surface area contributed by atoms with Crippen molar-refractivity contribution in [2.45, 2.75) is 70.2 Å². The molecular formula is C36H36F3N3O4S. The molecule has 0 aliphatic carbocycles. The first kappa shape index (κ1) is 33.8. The monoisotopic (exact) mass is 663 g/mol. The van der Waals surface area contributed by atoms with Crippen LogP contribution in [0.5, 0.6) is 11.5 Å². The van der Waals surface area contributed by atoms with Crippen molar-refractivity contribution in [2.24, 2.45) is 5.41 Å². The highest BCUT2D eigenvalue weighted by molar-refractivity contribution is 8.00. The van der Waals surface area contributed by atoms with Crippen molar-refractivity contribution in [3.63, 3.8) is 0 Å². The van der Waals surface area contributed by atoms with E-state index in [1.54, 1.807) is 50.1 Å². The summed E-state index contributed by atoms with van der Waals surface area (Å²) in [5, 5.41) is 11.1. The minimum Gasteiger partial charge on any atom is -0.487 e. The van der Waals surface area contributed by atoms with E-state index in [0.29, 0.717) is 24.5 Å². The van der Waals surface area contributed by atoms with Gasteiger partial charge in [-0.1, -0.05) is 45.0 Å². The van der Waals surface area contributed by atoms with Crippen LogP contribution in [0.1, 0.15) is 51.7 Å².